The van der Waals surface area contributed by atoms with E-state index in [1.807, 2.05) is 13.8 Å². The summed E-state index contributed by atoms with van der Waals surface area (Å²) in [7, 11) is 1.64. The zero-order valence-electron chi connectivity index (χ0n) is 18.0. The van der Waals surface area contributed by atoms with Crippen LogP contribution in [0, 0.1) is 10.1 Å². The molecule has 0 aliphatic heterocycles. The minimum Gasteiger partial charge on any atom is -0.329 e. The molecule has 0 N–H and O–H groups in total. The van der Waals surface area contributed by atoms with Crippen LogP contribution in [0.4, 0.5) is 5.69 Å². The molecular formula is C23H23ClN4O4. The zero-order chi connectivity index (χ0) is 23.4. The van der Waals surface area contributed by atoms with Crippen molar-refractivity contribution in [1.82, 2.24) is 14.5 Å². The van der Waals surface area contributed by atoms with Crippen molar-refractivity contribution in [3.63, 3.8) is 0 Å². The van der Waals surface area contributed by atoms with E-state index in [0.29, 0.717) is 33.9 Å². The van der Waals surface area contributed by atoms with Gasteiger partial charge >= 0.3 is 0 Å². The molecular weight excluding hydrogens is 432 g/mol. The van der Waals surface area contributed by atoms with Crippen molar-refractivity contribution < 1.29 is 9.72 Å². The molecule has 0 saturated carbocycles. The maximum absolute atomic E-state index is 13.0. The molecule has 0 spiro atoms. The zero-order valence-corrected chi connectivity index (χ0v) is 18.7. The van der Waals surface area contributed by atoms with Gasteiger partial charge in [-0.05, 0) is 55.3 Å². The summed E-state index contributed by atoms with van der Waals surface area (Å²) in [5, 5.41) is 11.7. The highest BCUT2D eigenvalue weighted by Gasteiger charge is 2.23. The molecule has 1 amide bonds. The van der Waals surface area contributed by atoms with Gasteiger partial charge < -0.3 is 4.90 Å². The van der Waals surface area contributed by atoms with E-state index in [9.17, 15) is 19.7 Å². The van der Waals surface area contributed by atoms with Gasteiger partial charge in [0, 0.05) is 36.8 Å². The van der Waals surface area contributed by atoms with Crippen LogP contribution in [0.25, 0.3) is 17.0 Å². The Morgan fingerprint density at radius 3 is 2.59 bits per heavy atom. The van der Waals surface area contributed by atoms with Crippen molar-refractivity contribution in [2.75, 3.05) is 6.54 Å². The van der Waals surface area contributed by atoms with Crippen molar-refractivity contribution in [1.29, 1.82) is 0 Å². The normalized spacial score (nSPS) is 12.2. The van der Waals surface area contributed by atoms with Crippen LogP contribution >= 0.6 is 11.6 Å². The van der Waals surface area contributed by atoms with Crippen molar-refractivity contribution in [2.24, 2.45) is 7.05 Å². The van der Waals surface area contributed by atoms with Crippen LogP contribution in [-0.4, -0.2) is 31.8 Å². The van der Waals surface area contributed by atoms with E-state index in [1.54, 1.807) is 48.4 Å². The maximum Gasteiger partial charge on any atom is 0.269 e. The molecule has 9 heteroatoms. The first-order chi connectivity index (χ1) is 15.2. The average molecular weight is 455 g/mol. The van der Waals surface area contributed by atoms with Crippen LogP contribution in [0.3, 0.4) is 0 Å². The summed E-state index contributed by atoms with van der Waals surface area (Å²) in [5.41, 5.74) is 0.920. The molecule has 0 bridgehead atoms. The monoisotopic (exact) mass is 454 g/mol. The molecule has 3 aromatic rings. The van der Waals surface area contributed by atoms with Crippen LogP contribution < -0.4 is 5.56 Å². The predicted octanol–water partition coefficient (Wildman–Crippen LogP) is 4.51. The lowest BCUT2D eigenvalue weighted by Crippen LogP contribution is -2.36. The molecule has 1 atom stereocenters. The van der Waals surface area contributed by atoms with Gasteiger partial charge in [0.05, 0.1) is 21.9 Å². The minimum absolute atomic E-state index is 0.0156. The summed E-state index contributed by atoms with van der Waals surface area (Å²) in [6, 6.07) is 10.4. The number of nitro benzene ring substituents is 1. The second kappa shape index (κ2) is 9.74. The topological polar surface area (TPSA) is 98.3 Å². The average Bonchev–Trinajstić information content (AvgIpc) is 2.78. The molecule has 1 unspecified atom stereocenters. The summed E-state index contributed by atoms with van der Waals surface area (Å²) in [6.07, 6.45) is 3.74. The summed E-state index contributed by atoms with van der Waals surface area (Å²) >= 11 is 6.07. The fraction of sp³-hybridized carbons (Fsp3) is 0.261. The van der Waals surface area contributed by atoms with Gasteiger partial charge in [-0.15, -0.1) is 0 Å². The fourth-order valence-electron chi connectivity index (χ4n) is 3.48. The number of benzene rings is 2. The van der Waals surface area contributed by atoms with E-state index in [0.717, 1.165) is 6.42 Å². The van der Waals surface area contributed by atoms with Gasteiger partial charge in [-0.3, -0.25) is 24.3 Å². The third-order valence-electron chi connectivity index (χ3n) is 5.18. The number of hydrogen-bond acceptors (Lipinski definition) is 5. The Bertz CT molecular complexity index is 1250. The van der Waals surface area contributed by atoms with E-state index in [2.05, 4.69) is 4.98 Å². The highest BCUT2D eigenvalue weighted by molar-refractivity contribution is 6.31. The van der Waals surface area contributed by atoms with Crippen LogP contribution in [0.5, 0.6) is 0 Å². The third kappa shape index (κ3) is 4.86. The quantitative estimate of drug-likeness (QED) is 0.297. The number of hydrogen-bond donors (Lipinski definition) is 0. The maximum atomic E-state index is 13.0. The van der Waals surface area contributed by atoms with Crippen molar-refractivity contribution in [3.05, 3.63) is 85.4 Å². The van der Waals surface area contributed by atoms with E-state index in [4.69, 9.17) is 11.6 Å². The first-order valence-corrected chi connectivity index (χ1v) is 10.5. The van der Waals surface area contributed by atoms with Crippen LogP contribution in [-0.2, 0) is 11.8 Å². The van der Waals surface area contributed by atoms with E-state index in [-0.39, 0.29) is 17.2 Å². The molecule has 0 fully saturated rings. The Morgan fingerprint density at radius 1 is 1.28 bits per heavy atom. The van der Waals surface area contributed by atoms with Gasteiger partial charge in [-0.1, -0.05) is 18.5 Å². The second-order valence-electron chi connectivity index (χ2n) is 7.39. The SMILES string of the molecule is CCCN(C(=O)/C=C/c1ccc([N+](=O)[O-])cc1)C(C)c1nc2cc(Cl)ccc2c(=O)n1C. The fourth-order valence-corrected chi connectivity index (χ4v) is 3.65. The number of carbonyl (C=O) groups is 1. The smallest absolute Gasteiger partial charge is 0.269 e. The number of carbonyl (C=O) groups excluding carboxylic acids is 1. The van der Waals surface area contributed by atoms with Crippen LogP contribution in [0.2, 0.25) is 5.02 Å². The van der Waals surface area contributed by atoms with Gasteiger partial charge in [0.1, 0.15) is 5.82 Å². The Labute approximate surface area is 189 Å². The number of halogens is 1. The van der Waals surface area contributed by atoms with Crippen molar-refractivity contribution >= 4 is 40.2 Å². The highest BCUT2D eigenvalue weighted by atomic mass is 35.5. The largest absolute Gasteiger partial charge is 0.329 e. The van der Waals surface area contributed by atoms with Gasteiger partial charge in [-0.25, -0.2) is 4.98 Å². The van der Waals surface area contributed by atoms with Gasteiger partial charge in [0.2, 0.25) is 5.91 Å². The molecule has 166 valence electrons. The molecule has 1 aromatic heterocycles. The highest BCUT2D eigenvalue weighted by Crippen LogP contribution is 2.22. The van der Waals surface area contributed by atoms with E-state index < -0.39 is 11.0 Å². The first kappa shape index (κ1) is 23.1. The lowest BCUT2D eigenvalue weighted by Gasteiger charge is -2.28. The number of fused-ring (bicyclic) bond motifs is 1. The molecule has 8 nitrogen and oxygen atoms in total. The Balaban J connectivity index is 1.92. The summed E-state index contributed by atoms with van der Waals surface area (Å²) < 4.78 is 1.46. The summed E-state index contributed by atoms with van der Waals surface area (Å²) in [4.78, 5) is 42.4. The van der Waals surface area contributed by atoms with E-state index >= 15 is 0 Å². The predicted molar refractivity (Wildman–Crippen MR) is 125 cm³/mol. The Kier molecular flexibility index (Phi) is 7.05. The molecule has 32 heavy (non-hydrogen) atoms. The minimum atomic E-state index is -0.475. The molecule has 0 aliphatic rings. The number of rotatable bonds is 7. The molecule has 2 aromatic carbocycles. The van der Waals surface area contributed by atoms with Crippen molar-refractivity contribution in [2.45, 2.75) is 26.3 Å². The lowest BCUT2D eigenvalue weighted by molar-refractivity contribution is -0.384. The number of nitro groups is 1. The second-order valence-corrected chi connectivity index (χ2v) is 7.82. The number of nitrogens with zero attached hydrogens (tertiary/aromatic N) is 4. The van der Waals surface area contributed by atoms with Gasteiger partial charge in [0.15, 0.2) is 0 Å². The van der Waals surface area contributed by atoms with Crippen molar-refractivity contribution in [3.8, 4) is 0 Å². The Hall–Kier alpha value is -3.52. The standard InChI is InChI=1S/C23H23ClN4O4/c1-4-13-27(21(29)12-7-16-5-9-18(10-6-16)28(31)32)15(2)22-25-20-14-17(24)8-11-19(20)23(30)26(22)3/h5-12,14-15H,4,13H2,1-3H3/b12-7+. The number of aromatic nitrogens is 2. The summed E-state index contributed by atoms with van der Waals surface area (Å²) in [6.45, 7) is 4.25. The number of amides is 1. The Morgan fingerprint density at radius 2 is 1.97 bits per heavy atom. The molecule has 0 saturated heterocycles. The molecule has 3 rings (SSSR count). The van der Waals surface area contributed by atoms with Gasteiger partial charge in [0.25, 0.3) is 11.2 Å². The van der Waals surface area contributed by atoms with Crippen LogP contribution in [0.15, 0.2) is 53.3 Å². The third-order valence-corrected chi connectivity index (χ3v) is 5.42. The summed E-state index contributed by atoms with van der Waals surface area (Å²) in [5.74, 6) is 0.202. The lowest BCUT2D eigenvalue weighted by atomic mass is 10.1. The van der Waals surface area contributed by atoms with Gasteiger partial charge in [-0.2, -0.15) is 0 Å². The molecule has 0 radical (unpaired) electrons. The first-order valence-electron chi connectivity index (χ1n) is 10.1. The molecule has 1 heterocycles. The number of non-ortho nitro benzene ring substituents is 1. The van der Waals surface area contributed by atoms with Crippen LogP contribution in [0.1, 0.15) is 37.7 Å². The molecule has 0 aliphatic carbocycles. The van der Waals surface area contributed by atoms with E-state index in [1.165, 1.54) is 22.8 Å².